The Bertz CT molecular complexity index is 893. The molecule has 1 aliphatic carbocycles. The van der Waals surface area contributed by atoms with Gasteiger partial charge in [-0.15, -0.1) is 0 Å². The van der Waals surface area contributed by atoms with Gasteiger partial charge in [0.2, 0.25) is 0 Å². The van der Waals surface area contributed by atoms with Crippen molar-refractivity contribution in [2.75, 3.05) is 7.11 Å². The molecular weight excluding hydrogens is 316 g/mol. The van der Waals surface area contributed by atoms with E-state index in [-0.39, 0.29) is 17.1 Å². The molecule has 0 atom stereocenters. The van der Waals surface area contributed by atoms with Crippen LogP contribution < -0.4 is 9.47 Å². The zero-order valence-corrected chi connectivity index (χ0v) is 14.7. The van der Waals surface area contributed by atoms with Gasteiger partial charge in [0.1, 0.15) is 28.6 Å². The van der Waals surface area contributed by atoms with E-state index in [1.165, 1.54) is 6.07 Å². The number of benzene rings is 2. The van der Waals surface area contributed by atoms with Crippen LogP contribution in [-0.4, -0.2) is 22.9 Å². The van der Waals surface area contributed by atoms with Crippen molar-refractivity contribution in [1.82, 2.24) is 0 Å². The smallest absolute Gasteiger partial charge is 0.133 e. The highest BCUT2D eigenvalue weighted by Crippen LogP contribution is 2.47. The number of ether oxygens (including phenoxy) is 2. The first-order valence-corrected chi connectivity index (χ1v) is 8.52. The molecule has 0 spiro atoms. The quantitative estimate of drug-likeness (QED) is 0.857. The molecule has 0 aromatic heterocycles. The molecule has 25 heavy (non-hydrogen) atoms. The minimum absolute atomic E-state index is 0.0565. The molecule has 2 aromatic rings. The van der Waals surface area contributed by atoms with Gasteiger partial charge in [-0.2, -0.15) is 0 Å². The van der Waals surface area contributed by atoms with Crippen molar-refractivity contribution in [3.63, 3.8) is 0 Å². The van der Waals surface area contributed by atoms with E-state index in [4.69, 9.17) is 9.47 Å². The van der Waals surface area contributed by atoms with Crippen LogP contribution in [0.25, 0.3) is 11.6 Å². The summed E-state index contributed by atoms with van der Waals surface area (Å²) < 4.78 is 11.9. The first-order chi connectivity index (χ1) is 11.9. The molecule has 4 heteroatoms. The number of hydrogen-bond acceptors (Lipinski definition) is 4. The highest BCUT2D eigenvalue weighted by atomic mass is 16.5. The van der Waals surface area contributed by atoms with E-state index in [2.05, 4.69) is 26.0 Å². The number of phenols is 2. The second-order valence-electron chi connectivity index (χ2n) is 7.37. The minimum atomic E-state index is -0.170. The van der Waals surface area contributed by atoms with Crippen molar-refractivity contribution in [3.05, 3.63) is 46.5 Å². The van der Waals surface area contributed by atoms with Gasteiger partial charge in [-0.25, -0.2) is 0 Å². The highest BCUT2D eigenvalue weighted by Gasteiger charge is 2.32. The molecule has 0 radical (unpaired) electrons. The SMILES string of the molecule is COc1c2c(cc3c1CCC(C)(C)O3)CC(c1ccc(O)cc1O)=C2. The number of fused-ring (bicyclic) bond motifs is 2. The molecule has 1 heterocycles. The van der Waals surface area contributed by atoms with E-state index < -0.39 is 0 Å². The first-order valence-electron chi connectivity index (χ1n) is 8.52. The van der Waals surface area contributed by atoms with Gasteiger partial charge in [0, 0.05) is 22.8 Å². The maximum Gasteiger partial charge on any atom is 0.133 e. The molecule has 0 saturated heterocycles. The van der Waals surface area contributed by atoms with Gasteiger partial charge < -0.3 is 19.7 Å². The number of rotatable bonds is 2. The van der Waals surface area contributed by atoms with Crippen LogP contribution in [0.5, 0.6) is 23.0 Å². The molecule has 0 fully saturated rings. The molecule has 0 amide bonds. The van der Waals surface area contributed by atoms with Crippen LogP contribution in [0.2, 0.25) is 0 Å². The summed E-state index contributed by atoms with van der Waals surface area (Å²) >= 11 is 0. The largest absolute Gasteiger partial charge is 0.508 e. The Kier molecular flexibility index (Phi) is 3.46. The van der Waals surface area contributed by atoms with Crippen molar-refractivity contribution < 1.29 is 19.7 Å². The summed E-state index contributed by atoms with van der Waals surface area (Å²) in [6.45, 7) is 4.21. The lowest BCUT2D eigenvalue weighted by Crippen LogP contribution is -2.32. The van der Waals surface area contributed by atoms with Gasteiger partial charge >= 0.3 is 0 Å². The number of aromatic hydroxyl groups is 2. The van der Waals surface area contributed by atoms with Crippen LogP contribution in [-0.2, 0) is 12.8 Å². The van der Waals surface area contributed by atoms with Gasteiger partial charge in [0.25, 0.3) is 0 Å². The van der Waals surface area contributed by atoms with E-state index in [0.717, 1.165) is 52.2 Å². The Hall–Kier alpha value is -2.62. The number of hydrogen-bond donors (Lipinski definition) is 2. The Morgan fingerprint density at radius 2 is 1.96 bits per heavy atom. The Morgan fingerprint density at radius 1 is 1.16 bits per heavy atom. The molecule has 0 saturated carbocycles. The molecule has 0 bridgehead atoms. The van der Waals surface area contributed by atoms with E-state index >= 15 is 0 Å². The Labute approximate surface area is 147 Å². The van der Waals surface area contributed by atoms with E-state index in [0.29, 0.717) is 6.42 Å². The van der Waals surface area contributed by atoms with Gasteiger partial charge in [-0.1, -0.05) is 0 Å². The summed E-state index contributed by atoms with van der Waals surface area (Å²) in [4.78, 5) is 0. The first kappa shape index (κ1) is 15.9. The molecule has 4 nitrogen and oxygen atoms in total. The molecule has 0 unspecified atom stereocenters. The number of phenolic OH excluding ortho intramolecular Hbond substituents is 2. The van der Waals surface area contributed by atoms with Gasteiger partial charge in [0.15, 0.2) is 0 Å². The summed E-state index contributed by atoms with van der Waals surface area (Å²) in [5, 5.41) is 19.7. The van der Waals surface area contributed by atoms with Crippen LogP contribution in [0.3, 0.4) is 0 Å². The molecule has 130 valence electrons. The Balaban J connectivity index is 1.80. The predicted molar refractivity (Wildman–Crippen MR) is 97.4 cm³/mol. The van der Waals surface area contributed by atoms with Crippen molar-refractivity contribution in [1.29, 1.82) is 0 Å². The number of allylic oxidation sites excluding steroid dienone is 1. The molecule has 2 N–H and O–H groups in total. The summed E-state index contributed by atoms with van der Waals surface area (Å²) in [5.74, 6) is 1.91. The maximum atomic E-state index is 10.2. The fourth-order valence-corrected chi connectivity index (χ4v) is 3.78. The lowest BCUT2D eigenvalue weighted by atomic mass is 9.91. The molecular formula is C21H22O4. The lowest BCUT2D eigenvalue weighted by Gasteiger charge is -2.34. The van der Waals surface area contributed by atoms with Crippen LogP contribution >= 0.6 is 0 Å². The topological polar surface area (TPSA) is 58.9 Å². The summed E-state index contributed by atoms with van der Waals surface area (Å²) in [5.41, 5.74) is 4.88. The third-order valence-corrected chi connectivity index (χ3v) is 5.06. The zero-order valence-electron chi connectivity index (χ0n) is 14.7. The third-order valence-electron chi connectivity index (χ3n) is 5.06. The molecule has 4 rings (SSSR count). The lowest BCUT2D eigenvalue weighted by molar-refractivity contribution is 0.0835. The predicted octanol–water partition coefficient (Wildman–Crippen LogP) is 4.31. The number of methoxy groups -OCH3 is 1. The van der Waals surface area contributed by atoms with E-state index in [1.54, 1.807) is 19.2 Å². The monoisotopic (exact) mass is 338 g/mol. The second kappa shape index (κ2) is 5.45. The van der Waals surface area contributed by atoms with Crippen LogP contribution in [0.1, 0.15) is 42.5 Å². The zero-order chi connectivity index (χ0) is 17.8. The fourth-order valence-electron chi connectivity index (χ4n) is 3.78. The summed E-state index contributed by atoms with van der Waals surface area (Å²) in [7, 11) is 1.69. The molecule has 1 aliphatic heterocycles. The van der Waals surface area contributed by atoms with E-state index in [9.17, 15) is 10.2 Å². The van der Waals surface area contributed by atoms with Gasteiger partial charge in [-0.05, 0) is 68.5 Å². The minimum Gasteiger partial charge on any atom is -0.508 e. The average Bonchev–Trinajstić information content (AvgIpc) is 2.94. The summed E-state index contributed by atoms with van der Waals surface area (Å²) in [6.07, 6.45) is 4.64. The maximum absolute atomic E-state index is 10.2. The normalized spacial score (nSPS) is 17.3. The van der Waals surface area contributed by atoms with Crippen LogP contribution in [0.15, 0.2) is 24.3 Å². The second-order valence-corrected chi connectivity index (χ2v) is 7.37. The average molecular weight is 338 g/mol. The molecule has 2 aliphatic rings. The van der Waals surface area contributed by atoms with Crippen molar-refractivity contribution in [2.45, 2.75) is 38.7 Å². The standard InChI is InChI=1S/C21H22O4/c1-21(2)7-6-16-19(25-21)10-13-8-12(9-17(13)20(16)24-3)15-5-4-14(22)11-18(15)23/h4-5,9-11,22-23H,6-8H2,1-3H3. The van der Waals surface area contributed by atoms with Gasteiger partial charge in [-0.3, -0.25) is 0 Å². The third kappa shape index (κ3) is 2.62. The van der Waals surface area contributed by atoms with Crippen molar-refractivity contribution in [3.8, 4) is 23.0 Å². The van der Waals surface area contributed by atoms with Crippen molar-refractivity contribution >= 4 is 11.6 Å². The van der Waals surface area contributed by atoms with Crippen LogP contribution in [0, 0.1) is 0 Å². The molecule has 2 aromatic carbocycles. The summed E-state index contributed by atoms with van der Waals surface area (Å²) in [6, 6.07) is 6.81. The van der Waals surface area contributed by atoms with Crippen molar-refractivity contribution in [2.24, 2.45) is 0 Å². The van der Waals surface area contributed by atoms with Crippen LogP contribution in [0.4, 0.5) is 0 Å². The highest BCUT2D eigenvalue weighted by molar-refractivity contribution is 5.93. The Morgan fingerprint density at radius 3 is 2.68 bits per heavy atom. The fraction of sp³-hybridized carbons (Fsp3) is 0.333. The van der Waals surface area contributed by atoms with E-state index in [1.807, 2.05) is 0 Å². The van der Waals surface area contributed by atoms with Gasteiger partial charge in [0.05, 0.1) is 7.11 Å².